The van der Waals surface area contributed by atoms with Crippen LogP contribution in [0.2, 0.25) is 0 Å². The zero-order valence-electron chi connectivity index (χ0n) is 11.1. The second-order valence-electron chi connectivity index (χ2n) is 6.03. The van der Waals surface area contributed by atoms with Crippen molar-refractivity contribution in [1.29, 1.82) is 0 Å². The van der Waals surface area contributed by atoms with E-state index >= 15 is 0 Å². The third kappa shape index (κ3) is 1.94. The molecule has 0 aromatic carbocycles. The molecule has 2 fully saturated rings. The van der Waals surface area contributed by atoms with Crippen molar-refractivity contribution >= 4 is 11.2 Å². The van der Waals surface area contributed by atoms with Crippen LogP contribution in [0.3, 0.4) is 0 Å². The number of pyridine rings is 1. The second kappa shape index (κ2) is 4.30. The van der Waals surface area contributed by atoms with Crippen LogP contribution in [0.5, 0.6) is 0 Å². The monoisotopic (exact) mass is 256 g/mol. The van der Waals surface area contributed by atoms with Crippen LogP contribution in [-0.2, 0) is 0 Å². The van der Waals surface area contributed by atoms with Gasteiger partial charge in [0.05, 0.1) is 0 Å². The lowest BCUT2D eigenvalue weighted by atomic mass is 9.86. The first kappa shape index (κ1) is 11.4. The number of hydrogen-bond donors (Lipinski definition) is 1. The van der Waals surface area contributed by atoms with E-state index < -0.39 is 0 Å². The molecule has 19 heavy (non-hydrogen) atoms. The standard InChI is InChI=1S/C15H20N4/c16-11-5-3-10(4-6-11)14-18-13-2-1-9-17-15(13)19(14)12-7-8-12/h1-2,9-12H,3-8,16H2. The molecule has 4 nitrogen and oxygen atoms in total. The third-order valence-electron chi connectivity index (χ3n) is 4.53. The van der Waals surface area contributed by atoms with Gasteiger partial charge in [-0.15, -0.1) is 0 Å². The van der Waals surface area contributed by atoms with Crippen LogP contribution in [0.1, 0.15) is 56.3 Å². The van der Waals surface area contributed by atoms with Crippen LogP contribution in [0, 0.1) is 0 Å². The van der Waals surface area contributed by atoms with Gasteiger partial charge in [0.15, 0.2) is 5.65 Å². The van der Waals surface area contributed by atoms with Crippen LogP contribution < -0.4 is 5.73 Å². The SMILES string of the molecule is NC1CCC(c2nc3cccnc3n2C2CC2)CC1. The average Bonchev–Trinajstić information content (AvgIpc) is 3.20. The Balaban J connectivity index is 1.78. The van der Waals surface area contributed by atoms with Gasteiger partial charge >= 0.3 is 0 Å². The van der Waals surface area contributed by atoms with Crippen molar-refractivity contribution in [3.05, 3.63) is 24.2 Å². The quantitative estimate of drug-likeness (QED) is 0.898. The third-order valence-corrected chi connectivity index (χ3v) is 4.53. The summed E-state index contributed by atoms with van der Waals surface area (Å²) in [6.07, 6.45) is 9.05. The predicted octanol–water partition coefficient (Wildman–Crippen LogP) is 2.75. The first-order chi connectivity index (χ1) is 9.33. The number of rotatable bonds is 2. The Kier molecular flexibility index (Phi) is 2.58. The summed E-state index contributed by atoms with van der Waals surface area (Å²) in [6.45, 7) is 0. The molecule has 2 heterocycles. The van der Waals surface area contributed by atoms with E-state index in [0.717, 1.165) is 24.0 Å². The van der Waals surface area contributed by atoms with Gasteiger partial charge in [0.2, 0.25) is 0 Å². The molecule has 0 amide bonds. The Morgan fingerprint density at radius 3 is 2.63 bits per heavy atom. The van der Waals surface area contributed by atoms with Crippen molar-refractivity contribution in [2.45, 2.75) is 56.5 Å². The molecule has 4 heteroatoms. The van der Waals surface area contributed by atoms with Crippen LogP contribution in [0.4, 0.5) is 0 Å². The minimum atomic E-state index is 0.396. The first-order valence-corrected chi connectivity index (χ1v) is 7.41. The molecule has 4 rings (SSSR count). The van der Waals surface area contributed by atoms with Crippen molar-refractivity contribution in [2.24, 2.45) is 5.73 Å². The maximum absolute atomic E-state index is 6.02. The van der Waals surface area contributed by atoms with Gasteiger partial charge in [-0.25, -0.2) is 9.97 Å². The Labute approximate surface area is 113 Å². The molecule has 0 saturated heterocycles. The van der Waals surface area contributed by atoms with Gasteiger partial charge in [-0.2, -0.15) is 0 Å². The van der Waals surface area contributed by atoms with Crippen LogP contribution >= 0.6 is 0 Å². The van der Waals surface area contributed by atoms with Crippen molar-refractivity contribution < 1.29 is 0 Å². The van der Waals surface area contributed by atoms with E-state index in [9.17, 15) is 0 Å². The zero-order valence-corrected chi connectivity index (χ0v) is 11.1. The van der Waals surface area contributed by atoms with Crippen molar-refractivity contribution in [3.8, 4) is 0 Å². The number of nitrogens with two attached hydrogens (primary N) is 1. The van der Waals surface area contributed by atoms with E-state index in [-0.39, 0.29) is 0 Å². The average molecular weight is 256 g/mol. The number of fused-ring (bicyclic) bond motifs is 1. The molecule has 2 aliphatic carbocycles. The maximum atomic E-state index is 6.02. The molecule has 2 aromatic heterocycles. The summed E-state index contributed by atoms with van der Waals surface area (Å²) in [5.41, 5.74) is 8.15. The highest BCUT2D eigenvalue weighted by atomic mass is 15.2. The minimum absolute atomic E-state index is 0.396. The molecule has 0 spiro atoms. The maximum Gasteiger partial charge on any atom is 0.160 e. The van der Waals surface area contributed by atoms with Gasteiger partial charge < -0.3 is 10.3 Å². The molecule has 2 N–H and O–H groups in total. The molecule has 0 bridgehead atoms. The summed E-state index contributed by atoms with van der Waals surface area (Å²) in [5, 5.41) is 0. The van der Waals surface area contributed by atoms with E-state index in [1.165, 1.54) is 31.5 Å². The molecular weight excluding hydrogens is 236 g/mol. The highest BCUT2D eigenvalue weighted by Gasteiger charge is 2.32. The number of imidazole rings is 1. The Bertz CT molecular complexity index is 591. The van der Waals surface area contributed by atoms with E-state index in [2.05, 4.69) is 15.6 Å². The molecule has 2 aliphatic rings. The highest BCUT2D eigenvalue weighted by molar-refractivity contribution is 5.71. The van der Waals surface area contributed by atoms with Gasteiger partial charge in [-0.3, -0.25) is 0 Å². The molecule has 2 aromatic rings. The van der Waals surface area contributed by atoms with E-state index in [0.29, 0.717) is 18.0 Å². The second-order valence-corrected chi connectivity index (χ2v) is 6.03. The van der Waals surface area contributed by atoms with E-state index in [4.69, 9.17) is 10.7 Å². The smallest absolute Gasteiger partial charge is 0.160 e. The molecule has 0 aliphatic heterocycles. The largest absolute Gasteiger partial charge is 0.328 e. The number of hydrogen-bond acceptors (Lipinski definition) is 3. The Morgan fingerprint density at radius 2 is 1.89 bits per heavy atom. The Morgan fingerprint density at radius 1 is 1.11 bits per heavy atom. The van der Waals surface area contributed by atoms with Crippen LogP contribution in [-0.4, -0.2) is 20.6 Å². The molecular formula is C15H20N4. The van der Waals surface area contributed by atoms with Crippen LogP contribution in [0.25, 0.3) is 11.2 Å². The fourth-order valence-electron chi connectivity index (χ4n) is 3.31. The first-order valence-electron chi connectivity index (χ1n) is 7.41. The minimum Gasteiger partial charge on any atom is -0.328 e. The molecule has 100 valence electrons. The van der Waals surface area contributed by atoms with Gasteiger partial charge in [0, 0.05) is 24.2 Å². The summed E-state index contributed by atoms with van der Waals surface area (Å²) in [7, 11) is 0. The highest BCUT2D eigenvalue weighted by Crippen LogP contribution is 2.42. The molecule has 2 saturated carbocycles. The van der Waals surface area contributed by atoms with Crippen molar-refractivity contribution in [1.82, 2.24) is 14.5 Å². The van der Waals surface area contributed by atoms with Crippen LogP contribution in [0.15, 0.2) is 18.3 Å². The van der Waals surface area contributed by atoms with Crippen molar-refractivity contribution in [2.75, 3.05) is 0 Å². The van der Waals surface area contributed by atoms with E-state index in [1.807, 2.05) is 12.3 Å². The molecule has 0 radical (unpaired) electrons. The summed E-state index contributed by atoms with van der Waals surface area (Å²) < 4.78 is 2.41. The summed E-state index contributed by atoms with van der Waals surface area (Å²) in [4.78, 5) is 9.43. The van der Waals surface area contributed by atoms with E-state index in [1.54, 1.807) is 0 Å². The fraction of sp³-hybridized carbons (Fsp3) is 0.600. The molecule has 0 atom stereocenters. The van der Waals surface area contributed by atoms with Gasteiger partial charge in [0.1, 0.15) is 11.3 Å². The Hall–Kier alpha value is -1.42. The van der Waals surface area contributed by atoms with Gasteiger partial charge in [-0.05, 0) is 50.7 Å². The normalized spacial score (nSPS) is 27.8. The summed E-state index contributed by atoms with van der Waals surface area (Å²) in [6, 6.07) is 5.10. The number of nitrogens with zero attached hydrogens (tertiary/aromatic N) is 3. The van der Waals surface area contributed by atoms with Gasteiger partial charge in [-0.1, -0.05) is 0 Å². The lowest BCUT2D eigenvalue weighted by Crippen LogP contribution is -2.26. The van der Waals surface area contributed by atoms with Crippen molar-refractivity contribution in [3.63, 3.8) is 0 Å². The predicted molar refractivity (Wildman–Crippen MR) is 75.0 cm³/mol. The zero-order chi connectivity index (χ0) is 12.8. The number of aromatic nitrogens is 3. The lowest BCUT2D eigenvalue weighted by Gasteiger charge is -2.26. The lowest BCUT2D eigenvalue weighted by molar-refractivity contribution is 0.377. The fourth-order valence-corrected chi connectivity index (χ4v) is 3.31. The topological polar surface area (TPSA) is 56.7 Å². The van der Waals surface area contributed by atoms with Gasteiger partial charge in [0.25, 0.3) is 0 Å². The summed E-state index contributed by atoms with van der Waals surface area (Å²) in [5.74, 6) is 1.85. The summed E-state index contributed by atoms with van der Waals surface area (Å²) >= 11 is 0. The molecule has 0 unspecified atom stereocenters.